The maximum atomic E-state index is 10.6. The Balaban J connectivity index is 2.43. The lowest BCUT2D eigenvalue weighted by atomic mass is 10.3. The zero-order valence-corrected chi connectivity index (χ0v) is 10.1. The van der Waals surface area contributed by atoms with E-state index in [9.17, 15) is 9.59 Å². The molecule has 0 atom stereocenters. The molecule has 17 heavy (non-hydrogen) atoms. The molecule has 0 fully saturated rings. The van der Waals surface area contributed by atoms with E-state index < -0.39 is 5.97 Å². The molecular weight excluding hydrogens is 240 g/mol. The predicted octanol–water partition coefficient (Wildman–Crippen LogP) is 1.86. The number of nitrogens with zero attached hydrogens (tertiary/aromatic N) is 2. The van der Waals surface area contributed by atoms with Gasteiger partial charge in [-0.2, -0.15) is 0 Å². The van der Waals surface area contributed by atoms with Crippen LogP contribution in [0.25, 0.3) is 6.08 Å². The molecule has 0 spiro atoms. The van der Waals surface area contributed by atoms with Crippen LogP contribution >= 0.6 is 11.8 Å². The first kappa shape index (κ1) is 13.4. The maximum absolute atomic E-state index is 10.6. The molecule has 0 aliphatic carbocycles. The van der Waals surface area contributed by atoms with Crippen LogP contribution in [-0.4, -0.2) is 31.9 Å². The molecule has 0 amide bonds. The van der Waals surface area contributed by atoms with Crippen molar-refractivity contribution in [3.8, 4) is 0 Å². The first-order valence-corrected chi connectivity index (χ1v) is 5.93. The quantitative estimate of drug-likeness (QED) is 0.806. The summed E-state index contributed by atoms with van der Waals surface area (Å²) in [6.07, 6.45) is 7.36. The molecule has 0 aromatic carbocycles. The van der Waals surface area contributed by atoms with E-state index in [1.807, 2.05) is 6.08 Å². The van der Waals surface area contributed by atoms with Gasteiger partial charge in [-0.3, -0.25) is 4.79 Å². The van der Waals surface area contributed by atoms with Gasteiger partial charge in [-0.25, -0.2) is 14.8 Å². The lowest BCUT2D eigenvalue weighted by Gasteiger charge is -1.94. The summed E-state index contributed by atoms with van der Waals surface area (Å²) in [6.45, 7) is 1.53. The number of hydrogen-bond acceptors (Lipinski definition) is 5. The third kappa shape index (κ3) is 5.26. The van der Waals surface area contributed by atoms with Crippen LogP contribution < -0.4 is 0 Å². The fraction of sp³-hybridized carbons (Fsp3) is 0.273. The Labute approximate surface area is 103 Å². The van der Waals surface area contributed by atoms with Crippen molar-refractivity contribution in [2.45, 2.75) is 13.3 Å². The number of thioether (sulfide) groups is 1. The number of allylic oxidation sites excluding steroid dienone is 1. The topological polar surface area (TPSA) is 80.2 Å². The molecule has 0 radical (unpaired) electrons. The summed E-state index contributed by atoms with van der Waals surface area (Å²) in [7, 11) is 0. The number of aromatic carboxylic acids is 1. The van der Waals surface area contributed by atoms with E-state index >= 15 is 0 Å². The lowest BCUT2D eigenvalue weighted by Crippen LogP contribution is -2.02. The predicted molar refractivity (Wildman–Crippen MR) is 65.8 cm³/mol. The highest BCUT2D eigenvalue weighted by molar-refractivity contribution is 8.13. The van der Waals surface area contributed by atoms with E-state index in [1.165, 1.54) is 31.1 Å². The van der Waals surface area contributed by atoms with Crippen LogP contribution in [0.3, 0.4) is 0 Å². The minimum Gasteiger partial charge on any atom is -0.475 e. The van der Waals surface area contributed by atoms with Gasteiger partial charge >= 0.3 is 5.97 Å². The summed E-state index contributed by atoms with van der Waals surface area (Å²) in [4.78, 5) is 28.5. The van der Waals surface area contributed by atoms with Gasteiger partial charge in [0.25, 0.3) is 0 Å². The van der Waals surface area contributed by atoms with Crippen molar-refractivity contribution < 1.29 is 14.7 Å². The summed E-state index contributed by atoms with van der Waals surface area (Å²) in [5, 5.41) is 8.70. The number of rotatable bonds is 5. The van der Waals surface area contributed by atoms with Gasteiger partial charge in [0.1, 0.15) is 0 Å². The highest BCUT2D eigenvalue weighted by atomic mass is 32.2. The molecule has 0 aliphatic heterocycles. The second-order valence-corrected chi connectivity index (χ2v) is 4.45. The van der Waals surface area contributed by atoms with E-state index in [4.69, 9.17) is 5.11 Å². The smallest absolute Gasteiger partial charge is 0.373 e. The zero-order chi connectivity index (χ0) is 12.7. The van der Waals surface area contributed by atoms with Crippen LogP contribution in [0.1, 0.15) is 29.5 Å². The molecule has 0 saturated carbocycles. The van der Waals surface area contributed by atoms with Crippen molar-refractivity contribution in [3.63, 3.8) is 0 Å². The normalized spacial score (nSPS) is 10.6. The van der Waals surface area contributed by atoms with Crippen molar-refractivity contribution in [2.75, 3.05) is 5.75 Å². The van der Waals surface area contributed by atoms with Crippen LogP contribution in [0, 0.1) is 0 Å². The Kier molecular flexibility index (Phi) is 5.35. The van der Waals surface area contributed by atoms with Crippen molar-refractivity contribution in [3.05, 3.63) is 29.9 Å². The van der Waals surface area contributed by atoms with Gasteiger partial charge in [0.05, 0.1) is 0 Å². The van der Waals surface area contributed by atoms with Gasteiger partial charge < -0.3 is 5.11 Å². The summed E-state index contributed by atoms with van der Waals surface area (Å²) in [5.74, 6) is -0.618. The molecule has 0 aliphatic rings. The Hall–Kier alpha value is -1.69. The number of carboxylic acid groups (broad SMARTS) is 1. The maximum Gasteiger partial charge on any atom is 0.373 e. The Bertz CT molecular complexity index is 429. The Morgan fingerprint density at radius 3 is 2.59 bits per heavy atom. The molecule has 0 bridgehead atoms. The molecule has 1 aromatic heterocycles. The molecule has 1 heterocycles. The van der Waals surface area contributed by atoms with E-state index in [2.05, 4.69) is 9.97 Å². The number of carbonyl (C=O) groups excluding carboxylic acids is 1. The molecule has 1 N–H and O–H groups in total. The van der Waals surface area contributed by atoms with Crippen molar-refractivity contribution in [1.82, 2.24) is 9.97 Å². The molecule has 1 rings (SSSR count). The second-order valence-electron chi connectivity index (χ2n) is 3.18. The number of carbonyl (C=O) groups is 2. The first-order valence-electron chi connectivity index (χ1n) is 4.95. The van der Waals surface area contributed by atoms with E-state index in [0.717, 1.165) is 17.7 Å². The largest absolute Gasteiger partial charge is 0.475 e. The van der Waals surface area contributed by atoms with E-state index in [0.29, 0.717) is 0 Å². The Morgan fingerprint density at radius 1 is 1.41 bits per heavy atom. The van der Waals surface area contributed by atoms with E-state index in [-0.39, 0.29) is 10.9 Å². The first-order chi connectivity index (χ1) is 8.09. The standard InChI is InChI=1S/C11H12N2O3S/c1-8(14)17-5-3-2-4-9-6-12-10(11(15)16)13-7-9/h2,4,6-7H,3,5H2,1H3,(H,15,16). The average molecular weight is 252 g/mol. The van der Waals surface area contributed by atoms with Crippen molar-refractivity contribution in [2.24, 2.45) is 0 Å². The van der Waals surface area contributed by atoms with Crippen LogP contribution in [0.5, 0.6) is 0 Å². The van der Waals surface area contributed by atoms with Gasteiger partial charge in [0.15, 0.2) is 5.12 Å². The second kappa shape index (κ2) is 6.80. The fourth-order valence-corrected chi connectivity index (χ4v) is 1.57. The summed E-state index contributed by atoms with van der Waals surface area (Å²) in [6, 6.07) is 0. The fourth-order valence-electron chi connectivity index (χ4n) is 1.02. The van der Waals surface area contributed by atoms with Crippen LogP contribution in [0.4, 0.5) is 0 Å². The third-order valence-electron chi connectivity index (χ3n) is 1.76. The third-order valence-corrected chi connectivity index (χ3v) is 2.61. The van der Waals surface area contributed by atoms with Crippen molar-refractivity contribution >= 4 is 28.9 Å². The van der Waals surface area contributed by atoms with Crippen LogP contribution in [0.15, 0.2) is 18.5 Å². The average Bonchev–Trinajstić information content (AvgIpc) is 2.29. The minimum atomic E-state index is -1.14. The van der Waals surface area contributed by atoms with Gasteiger partial charge in [0, 0.05) is 30.6 Å². The molecule has 0 saturated heterocycles. The molecule has 90 valence electrons. The lowest BCUT2D eigenvalue weighted by molar-refractivity contribution is -0.109. The molecule has 1 aromatic rings. The molecule has 5 nitrogen and oxygen atoms in total. The van der Waals surface area contributed by atoms with Gasteiger partial charge in [0.2, 0.25) is 5.82 Å². The highest BCUT2D eigenvalue weighted by Gasteiger charge is 2.03. The molecule has 0 unspecified atom stereocenters. The summed E-state index contributed by atoms with van der Waals surface area (Å²) >= 11 is 1.27. The minimum absolute atomic E-state index is 0.104. The van der Waals surface area contributed by atoms with Gasteiger partial charge in [-0.05, 0) is 6.42 Å². The van der Waals surface area contributed by atoms with Gasteiger partial charge in [-0.1, -0.05) is 23.9 Å². The summed E-state index contributed by atoms with van der Waals surface area (Å²) in [5.41, 5.74) is 0.739. The number of carboxylic acids is 1. The Morgan fingerprint density at radius 2 is 2.06 bits per heavy atom. The van der Waals surface area contributed by atoms with Gasteiger partial charge in [-0.15, -0.1) is 0 Å². The SMILES string of the molecule is CC(=O)SCCC=Cc1cnc(C(=O)O)nc1. The van der Waals surface area contributed by atoms with Crippen LogP contribution in [-0.2, 0) is 4.79 Å². The monoisotopic (exact) mass is 252 g/mol. The summed E-state index contributed by atoms with van der Waals surface area (Å²) < 4.78 is 0. The number of hydrogen-bond donors (Lipinski definition) is 1. The van der Waals surface area contributed by atoms with Crippen molar-refractivity contribution in [1.29, 1.82) is 0 Å². The number of aromatic nitrogens is 2. The molecule has 6 heteroatoms. The van der Waals surface area contributed by atoms with E-state index in [1.54, 1.807) is 6.08 Å². The highest BCUT2D eigenvalue weighted by Crippen LogP contribution is 2.05. The van der Waals surface area contributed by atoms with Crippen LogP contribution in [0.2, 0.25) is 0 Å². The molecular formula is C11H12N2O3S. The zero-order valence-electron chi connectivity index (χ0n) is 9.29.